The second-order valence-corrected chi connectivity index (χ2v) is 6.01. The van der Waals surface area contributed by atoms with Crippen molar-refractivity contribution in [1.29, 1.82) is 0 Å². The third-order valence-electron chi connectivity index (χ3n) is 4.50. The number of aromatic carboxylic acids is 1. The molecule has 3 rings (SSSR count). The largest absolute Gasteiger partial charge is 0.493 e. The summed E-state index contributed by atoms with van der Waals surface area (Å²) in [5, 5.41) is 9.42. The first-order chi connectivity index (χ1) is 12.5. The van der Waals surface area contributed by atoms with Gasteiger partial charge in [-0.15, -0.1) is 0 Å². The van der Waals surface area contributed by atoms with Crippen LogP contribution in [0.15, 0.2) is 48.5 Å². The first-order valence-corrected chi connectivity index (χ1v) is 8.22. The SMILES string of the molecule is COc1ccc(-c2ccccc2-n2c(C)cc(C(=O)O)c2C)cc1OC. The van der Waals surface area contributed by atoms with Crippen molar-refractivity contribution in [3.63, 3.8) is 0 Å². The van der Waals surface area contributed by atoms with Gasteiger partial charge in [0.1, 0.15) is 0 Å². The molecule has 5 heteroatoms. The number of ether oxygens (including phenoxy) is 2. The molecule has 1 heterocycles. The summed E-state index contributed by atoms with van der Waals surface area (Å²) in [6.07, 6.45) is 0. The van der Waals surface area contributed by atoms with Crippen LogP contribution in [0.25, 0.3) is 16.8 Å². The molecule has 2 aromatic carbocycles. The average Bonchev–Trinajstić information content (AvgIpc) is 2.95. The Morgan fingerprint density at radius 1 is 0.962 bits per heavy atom. The molecule has 1 aromatic heterocycles. The molecule has 3 aromatic rings. The van der Waals surface area contributed by atoms with Crippen LogP contribution in [0, 0.1) is 13.8 Å². The molecule has 0 aliphatic carbocycles. The standard InChI is InChI=1S/C21H21NO4/c1-13-11-17(21(23)24)14(2)22(13)18-8-6-5-7-16(18)15-9-10-19(25-3)20(12-15)26-4/h5-12H,1-4H3,(H,23,24). The van der Waals surface area contributed by atoms with Gasteiger partial charge in [0.25, 0.3) is 0 Å². The third kappa shape index (κ3) is 2.92. The van der Waals surface area contributed by atoms with Gasteiger partial charge in [0.05, 0.1) is 25.5 Å². The molecule has 0 fully saturated rings. The number of hydrogen-bond donors (Lipinski definition) is 1. The van der Waals surface area contributed by atoms with E-state index in [2.05, 4.69) is 0 Å². The van der Waals surface area contributed by atoms with Crippen molar-refractivity contribution in [2.24, 2.45) is 0 Å². The van der Waals surface area contributed by atoms with Gasteiger partial charge in [-0.3, -0.25) is 0 Å². The van der Waals surface area contributed by atoms with Crippen molar-refractivity contribution < 1.29 is 19.4 Å². The molecule has 134 valence electrons. The summed E-state index contributed by atoms with van der Waals surface area (Å²) in [6, 6.07) is 15.3. The molecule has 1 N–H and O–H groups in total. The summed E-state index contributed by atoms with van der Waals surface area (Å²) in [7, 11) is 3.21. The molecular weight excluding hydrogens is 330 g/mol. The number of rotatable bonds is 5. The first kappa shape index (κ1) is 17.6. The Morgan fingerprint density at radius 2 is 1.65 bits per heavy atom. The van der Waals surface area contributed by atoms with Crippen LogP contribution in [-0.4, -0.2) is 29.9 Å². The van der Waals surface area contributed by atoms with Crippen LogP contribution < -0.4 is 9.47 Å². The summed E-state index contributed by atoms with van der Waals surface area (Å²) in [5.41, 5.74) is 4.73. The molecule has 0 spiro atoms. The van der Waals surface area contributed by atoms with Crippen LogP contribution in [0.5, 0.6) is 11.5 Å². The van der Waals surface area contributed by atoms with Crippen LogP contribution in [0.3, 0.4) is 0 Å². The Balaban J connectivity index is 2.21. The Hall–Kier alpha value is -3.21. The van der Waals surface area contributed by atoms with Gasteiger partial charge >= 0.3 is 5.97 Å². The van der Waals surface area contributed by atoms with Crippen LogP contribution in [-0.2, 0) is 0 Å². The number of para-hydroxylation sites is 1. The molecule has 0 aliphatic heterocycles. The number of aromatic nitrogens is 1. The molecular formula is C21H21NO4. The van der Waals surface area contributed by atoms with Crippen LogP contribution in [0.2, 0.25) is 0 Å². The second kappa shape index (κ2) is 6.96. The van der Waals surface area contributed by atoms with E-state index in [1.165, 1.54) is 0 Å². The Labute approximate surface area is 152 Å². The lowest BCUT2D eigenvalue weighted by Gasteiger charge is -2.16. The normalized spacial score (nSPS) is 10.6. The summed E-state index contributed by atoms with van der Waals surface area (Å²) in [6.45, 7) is 3.73. The van der Waals surface area contributed by atoms with Crippen molar-refractivity contribution in [2.45, 2.75) is 13.8 Å². The van der Waals surface area contributed by atoms with Gasteiger partial charge in [-0.05, 0) is 43.7 Å². The van der Waals surface area contributed by atoms with Crippen molar-refractivity contribution >= 4 is 5.97 Å². The lowest BCUT2D eigenvalue weighted by atomic mass is 10.0. The van der Waals surface area contributed by atoms with E-state index in [1.54, 1.807) is 20.3 Å². The third-order valence-corrected chi connectivity index (χ3v) is 4.50. The highest BCUT2D eigenvalue weighted by Gasteiger charge is 2.18. The summed E-state index contributed by atoms with van der Waals surface area (Å²) >= 11 is 0. The fourth-order valence-corrected chi connectivity index (χ4v) is 3.27. The van der Waals surface area contributed by atoms with Gasteiger partial charge in [-0.1, -0.05) is 24.3 Å². The highest BCUT2D eigenvalue weighted by molar-refractivity contribution is 5.90. The molecule has 26 heavy (non-hydrogen) atoms. The van der Waals surface area contributed by atoms with Crippen LogP contribution in [0.1, 0.15) is 21.7 Å². The minimum absolute atomic E-state index is 0.310. The average molecular weight is 351 g/mol. The van der Waals surface area contributed by atoms with Gasteiger partial charge in [0.2, 0.25) is 0 Å². The number of carbonyl (C=O) groups is 1. The van der Waals surface area contributed by atoms with Crippen LogP contribution >= 0.6 is 0 Å². The van der Waals surface area contributed by atoms with Gasteiger partial charge in [0, 0.05) is 17.0 Å². The molecule has 0 saturated heterocycles. The maximum absolute atomic E-state index is 11.5. The van der Waals surface area contributed by atoms with Crippen molar-refractivity contribution in [1.82, 2.24) is 4.57 Å². The highest BCUT2D eigenvalue weighted by atomic mass is 16.5. The molecule has 5 nitrogen and oxygen atoms in total. The van der Waals surface area contributed by atoms with Gasteiger partial charge in [0.15, 0.2) is 11.5 Å². The second-order valence-electron chi connectivity index (χ2n) is 6.01. The Morgan fingerprint density at radius 3 is 2.27 bits per heavy atom. The zero-order valence-corrected chi connectivity index (χ0v) is 15.2. The fourth-order valence-electron chi connectivity index (χ4n) is 3.27. The molecule has 0 saturated carbocycles. The first-order valence-electron chi connectivity index (χ1n) is 8.22. The lowest BCUT2D eigenvalue weighted by molar-refractivity contribution is 0.0696. The number of methoxy groups -OCH3 is 2. The Kier molecular flexibility index (Phi) is 4.71. The van der Waals surface area contributed by atoms with Crippen molar-refractivity contribution in [3.8, 4) is 28.3 Å². The maximum Gasteiger partial charge on any atom is 0.337 e. The van der Waals surface area contributed by atoms with Crippen molar-refractivity contribution in [3.05, 3.63) is 65.5 Å². The molecule has 0 amide bonds. The highest BCUT2D eigenvalue weighted by Crippen LogP contribution is 2.36. The zero-order valence-electron chi connectivity index (χ0n) is 15.2. The van der Waals surface area contributed by atoms with E-state index in [-0.39, 0.29) is 0 Å². The van der Waals surface area contributed by atoms with E-state index < -0.39 is 5.97 Å². The van der Waals surface area contributed by atoms with E-state index in [0.29, 0.717) is 22.8 Å². The van der Waals surface area contributed by atoms with Gasteiger partial charge < -0.3 is 19.1 Å². The topological polar surface area (TPSA) is 60.7 Å². The summed E-state index contributed by atoms with van der Waals surface area (Å²) in [4.78, 5) is 11.5. The maximum atomic E-state index is 11.5. The van der Waals surface area contributed by atoms with Crippen LogP contribution in [0.4, 0.5) is 0 Å². The van der Waals surface area contributed by atoms with E-state index in [0.717, 1.165) is 22.5 Å². The summed E-state index contributed by atoms with van der Waals surface area (Å²) in [5.74, 6) is 0.384. The number of aryl methyl sites for hydroxylation is 1. The number of nitrogens with zero attached hydrogens (tertiary/aromatic N) is 1. The fraction of sp³-hybridized carbons (Fsp3) is 0.190. The predicted octanol–water partition coefficient (Wildman–Crippen LogP) is 4.48. The van der Waals surface area contributed by atoms with E-state index >= 15 is 0 Å². The molecule has 0 atom stereocenters. The quantitative estimate of drug-likeness (QED) is 0.736. The van der Waals surface area contributed by atoms with Crippen molar-refractivity contribution in [2.75, 3.05) is 14.2 Å². The number of carboxylic acid groups (broad SMARTS) is 1. The van der Waals surface area contributed by atoms with Gasteiger partial charge in [-0.25, -0.2) is 4.79 Å². The summed E-state index contributed by atoms with van der Waals surface area (Å²) < 4.78 is 12.7. The Bertz CT molecular complexity index is 972. The minimum atomic E-state index is -0.923. The van der Waals surface area contributed by atoms with E-state index in [4.69, 9.17) is 9.47 Å². The zero-order chi connectivity index (χ0) is 18.8. The minimum Gasteiger partial charge on any atom is -0.493 e. The van der Waals surface area contributed by atoms with E-state index in [1.807, 2.05) is 60.9 Å². The number of benzene rings is 2. The van der Waals surface area contributed by atoms with Gasteiger partial charge in [-0.2, -0.15) is 0 Å². The molecule has 0 bridgehead atoms. The predicted molar refractivity (Wildman–Crippen MR) is 101 cm³/mol. The van der Waals surface area contributed by atoms with E-state index in [9.17, 15) is 9.90 Å². The number of carboxylic acids is 1. The number of hydrogen-bond acceptors (Lipinski definition) is 3. The molecule has 0 radical (unpaired) electrons. The lowest BCUT2D eigenvalue weighted by Crippen LogP contribution is -2.04. The smallest absolute Gasteiger partial charge is 0.337 e. The molecule has 0 aliphatic rings. The molecule has 0 unspecified atom stereocenters. The monoisotopic (exact) mass is 351 g/mol.